The van der Waals surface area contributed by atoms with Crippen LogP contribution in [0.1, 0.15) is 41.6 Å². The molecular weight excluding hydrogens is 242 g/mol. The molecule has 4 heteroatoms. The van der Waals surface area contributed by atoms with E-state index in [-0.39, 0.29) is 18.2 Å². The van der Waals surface area contributed by atoms with Gasteiger partial charge >= 0.3 is 5.97 Å². The van der Waals surface area contributed by atoms with Gasteiger partial charge in [0.1, 0.15) is 0 Å². The first-order valence-corrected chi connectivity index (χ1v) is 6.86. The van der Waals surface area contributed by atoms with Gasteiger partial charge in [0.15, 0.2) is 0 Å². The van der Waals surface area contributed by atoms with Crippen molar-refractivity contribution in [3.05, 3.63) is 29.3 Å². The van der Waals surface area contributed by atoms with Crippen molar-refractivity contribution in [2.75, 3.05) is 4.90 Å². The van der Waals surface area contributed by atoms with Crippen LogP contribution in [0.5, 0.6) is 0 Å². The van der Waals surface area contributed by atoms with Crippen LogP contribution in [-0.4, -0.2) is 34.4 Å². The van der Waals surface area contributed by atoms with Crippen LogP contribution in [0.4, 0.5) is 5.69 Å². The number of rotatable bonds is 2. The van der Waals surface area contributed by atoms with E-state index in [1.807, 2.05) is 19.1 Å². The lowest BCUT2D eigenvalue weighted by Crippen LogP contribution is -2.45. The number of aryl methyl sites for hydroxylation is 1. The maximum atomic E-state index is 11.4. The molecule has 2 aliphatic heterocycles. The van der Waals surface area contributed by atoms with E-state index in [9.17, 15) is 15.0 Å². The lowest BCUT2D eigenvalue weighted by atomic mass is 9.97. The van der Waals surface area contributed by atoms with Crippen molar-refractivity contribution in [1.82, 2.24) is 0 Å². The molecule has 2 heterocycles. The summed E-state index contributed by atoms with van der Waals surface area (Å²) >= 11 is 0. The summed E-state index contributed by atoms with van der Waals surface area (Å²) in [6.07, 6.45) is 3.38. The molecule has 0 radical (unpaired) electrons. The molecule has 2 bridgehead atoms. The van der Waals surface area contributed by atoms with Crippen LogP contribution in [0.2, 0.25) is 0 Å². The number of fused-ring (bicyclic) bond motifs is 2. The molecule has 2 saturated heterocycles. The molecule has 3 rings (SSSR count). The molecule has 2 N–H and O–H groups in total. The fourth-order valence-electron chi connectivity index (χ4n) is 3.59. The highest BCUT2D eigenvalue weighted by atomic mass is 16.4. The van der Waals surface area contributed by atoms with Gasteiger partial charge in [-0.25, -0.2) is 4.79 Å². The maximum absolute atomic E-state index is 11.4. The number of aromatic carboxylic acids is 1. The summed E-state index contributed by atoms with van der Waals surface area (Å²) in [5.74, 6) is -0.871. The third-order valence-corrected chi connectivity index (χ3v) is 4.37. The minimum Gasteiger partial charge on any atom is -0.478 e. The molecule has 0 aliphatic carbocycles. The Kier molecular flexibility index (Phi) is 2.97. The molecule has 0 saturated carbocycles. The molecule has 0 aromatic heterocycles. The first kappa shape index (κ1) is 12.5. The predicted octanol–water partition coefficient (Wildman–Crippen LogP) is 2.19. The second kappa shape index (κ2) is 4.53. The van der Waals surface area contributed by atoms with Gasteiger partial charge in [-0.15, -0.1) is 0 Å². The second-order valence-electron chi connectivity index (χ2n) is 5.74. The van der Waals surface area contributed by atoms with Crippen LogP contribution in [0.15, 0.2) is 18.2 Å². The van der Waals surface area contributed by atoms with Crippen LogP contribution in [0.25, 0.3) is 0 Å². The summed E-state index contributed by atoms with van der Waals surface area (Å²) in [5.41, 5.74) is 2.16. The van der Waals surface area contributed by atoms with Gasteiger partial charge in [0.05, 0.1) is 17.4 Å². The molecule has 0 spiro atoms. The lowest BCUT2D eigenvalue weighted by Gasteiger charge is -2.39. The lowest BCUT2D eigenvalue weighted by molar-refractivity contribution is 0.0697. The molecule has 2 aliphatic rings. The van der Waals surface area contributed by atoms with Crippen molar-refractivity contribution in [1.29, 1.82) is 0 Å². The molecule has 2 unspecified atom stereocenters. The molecular formula is C15H19NO3. The SMILES string of the molecule is Cc1ccc(N2C3CCC2CC(O)C3)c(C(=O)O)c1. The standard InChI is InChI=1S/C15H19NO3/c1-9-2-5-14(13(6-9)15(18)19)16-10-3-4-11(16)8-12(17)7-10/h2,5-6,10-12,17H,3-4,7-8H2,1H3,(H,18,19). The van der Waals surface area contributed by atoms with Gasteiger partial charge in [0, 0.05) is 12.1 Å². The van der Waals surface area contributed by atoms with Crippen LogP contribution >= 0.6 is 0 Å². The Balaban J connectivity index is 2.01. The van der Waals surface area contributed by atoms with Crippen LogP contribution in [0, 0.1) is 6.92 Å². The van der Waals surface area contributed by atoms with E-state index in [0.717, 1.165) is 36.9 Å². The van der Waals surface area contributed by atoms with E-state index in [0.29, 0.717) is 5.56 Å². The monoisotopic (exact) mass is 261 g/mol. The highest BCUT2D eigenvalue weighted by molar-refractivity contribution is 5.95. The Hall–Kier alpha value is -1.55. The molecule has 1 aromatic rings. The number of aliphatic hydroxyl groups is 1. The summed E-state index contributed by atoms with van der Waals surface area (Å²) in [6.45, 7) is 1.91. The number of aliphatic hydroxyl groups excluding tert-OH is 1. The Bertz CT molecular complexity index is 500. The molecule has 2 atom stereocenters. The van der Waals surface area contributed by atoms with Crippen molar-refractivity contribution in [3.8, 4) is 0 Å². The second-order valence-corrected chi connectivity index (χ2v) is 5.74. The van der Waals surface area contributed by atoms with Crippen molar-refractivity contribution in [2.24, 2.45) is 0 Å². The van der Waals surface area contributed by atoms with Crippen LogP contribution in [0.3, 0.4) is 0 Å². The number of carboxylic acid groups (broad SMARTS) is 1. The average molecular weight is 261 g/mol. The fraction of sp³-hybridized carbons (Fsp3) is 0.533. The Morgan fingerprint density at radius 1 is 1.26 bits per heavy atom. The highest BCUT2D eigenvalue weighted by Crippen LogP contribution is 2.40. The predicted molar refractivity (Wildman–Crippen MR) is 72.7 cm³/mol. The zero-order valence-corrected chi connectivity index (χ0v) is 11.0. The number of carboxylic acids is 1. The third-order valence-electron chi connectivity index (χ3n) is 4.37. The number of nitrogens with zero attached hydrogens (tertiary/aromatic N) is 1. The number of benzene rings is 1. The van der Waals surface area contributed by atoms with Gasteiger partial charge in [-0.3, -0.25) is 0 Å². The zero-order chi connectivity index (χ0) is 13.6. The molecule has 2 fully saturated rings. The number of carbonyl (C=O) groups is 1. The molecule has 1 aromatic carbocycles. The van der Waals surface area contributed by atoms with E-state index in [2.05, 4.69) is 4.90 Å². The fourth-order valence-corrected chi connectivity index (χ4v) is 3.59. The van der Waals surface area contributed by atoms with Gasteiger partial charge < -0.3 is 15.1 Å². The van der Waals surface area contributed by atoms with E-state index >= 15 is 0 Å². The number of anilines is 1. The Morgan fingerprint density at radius 3 is 2.47 bits per heavy atom. The van der Waals surface area contributed by atoms with Crippen molar-refractivity contribution in [3.63, 3.8) is 0 Å². The zero-order valence-electron chi connectivity index (χ0n) is 11.0. The van der Waals surface area contributed by atoms with Crippen molar-refractivity contribution >= 4 is 11.7 Å². The summed E-state index contributed by atoms with van der Waals surface area (Å²) in [4.78, 5) is 13.7. The van der Waals surface area contributed by atoms with Crippen molar-refractivity contribution in [2.45, 2.75) is 50.8 Å². The largest absolute Gasteiger partial charge is 0.478 e. The third kappa shape index (κ3) is 2.10. The maximum Gasteiger partial charge on any atom is 0.337 e. The van der Waals surface area contributed by atoms with Crippen molar-refractivity contribution < 1.29 is 15.0 Å². The molecule has 4 nitrogen and oxygen atoms in total. The topological polar surface area (TPSA) is 60.8 Å². The molecule has 19 heavy (non-hydrogen) atoms. The molecule has 102 valence electrons. The van der Waals surface area contributed by atoms with E-state index in [4.69, 9.17) is 0 Å². The summed E-state index contributed by atoms with van der Waals surface area (Å²) in [6, 6.07) is 6.19. The van der Waals surface area contributed by atoms with E-state index in [1.165, 1.54) is 0 Å². The molecule has 0 amide bonds. The van der Waals surface area contributed by atoms with Gasteiger partial charge in [-0.1, -0.05) is 11.6 Å². The highest BCUT2D eigenvalue weighted by Gasteiger charge is 2.41. The Labute approximate surface area is 112 Å². The van der Waals surface area contributed by atoms with Gasteiger partial charge in [0.25, 0.3) is 0 Å². The normalized spacial score (nSPS) is 29.6. The number of hydrogen-bond acceptors (Lipinski definition) is 3. The van der Waals surface area contributed by atoms with Crippen LogP contribution < -0.4 is 4.90 Å². The smallest absolute Gasteiger partial charge is 0.337 e. The average Bonchev–Trinajstić information content (AvgIpc) is 2.62. The number of piperidine rings is 1. The van der Waals surface area contributed by atoms with E-state index in [1.54, 1.807) is 6.07 Å². The summed E-state index contributed by atoms with van der Waals surface area (Å²) in [7, 11) is 0. The number of hydrogen-bond donors (Lipinski definition) is 2. The van der Waals surface area contributed by atoms with Gasteiger partial charge in [-0.05, 0) is 44.7 Å². The summed E-state index contributed by atoms with van der Waals surface area (Å²) in [5, 5.41) is 19.2. The van der Waals surface area contributed by atoms with Gasteiger partial charge in [-0.2, -0.15) is 0 Å². The van der Waals surface area contributed by atoms with Crippen LogP contribution in [-0.2, 0) is 0 Å². The first-order chi connectivity index (χ1) is 9.06. The summed E-state index contributed by atoms with van der Waals surface area (Å²) < 4.78 is 0. The van der Waals surface area contributed by atoms with E-state index < -0.39 is 5.97 Å². The Morgan fingerprint density at radius 2 is 1.89 bits per heavy atom. The minimum atomic E-state index is -0.871. The first-order valence-electron chi connectivity index (χ1n) is 6.86. The minimum absolute atomic E-state index is 0.229. The van der Waals surface area contributed by atoms with Gasteiger partial charge in [0.2, 0.25) is 0 Å². The quantitative estimate of drug-likeness (QED) is 0.856.